The van der Waals surface area contributed by atoms with Crippen LogP contribution in [0.15, 0.2) is 29.2 Å². The van der Waals surface area contributed by atoms with Crippen molar-refractivity contribution in [2.45, 2.75) is 16.3 Å². The molecule has 0 aromatic heterocycles. The van der Waals surface area contributed by atoms with Crippen LogP contribution in [0.1, 0.15) is 5.56 Å². The van der Waals surface area contributed by atoms with Gasteiger partial charge < -0.3 is 9.47 Å². The van der Waals surface area contributed by atoms with E-state index in [4.69, 9.17) is 9.47 Å². The predicted molar refractivity (Wildman–Crippen MR) is 74.8 cm³/mol. The third-order valence-corrected chi connectivity index (χ3v) is 4.86. The summed E-state index contributed by atoms with van der Waals surface area (Å²) in [4.78, 5) is 0.258. The Morgan fingerprint density at radius 2 is 2.00 bits per heavy atom. The van der Waals surface area contributed by atoms with Gasteiger partial charge in [0.15, 0.2) is 0 Å². The molecule has 0 aliphatic carbocycles. The highest BCUT2D eigenvalue weighted by molar-refractivity contribution is 9.08. The van der Waals surface area contributed by atoms with Gasteiger partial charge in [-0.2, -0.15) is 0 Å². The highest BCUT2D eigenvalue weighted by Crippen LogP contribution is 2.12. The predicted octanol–water partition coefficient (Wildman–Crippen LogP) is 1.28. The first kappa shape index (κ1) is 14.9. The van der Waals surface area contributed by atoms with E-state index in [1.54, 1.807) is 24.3 Å². The molecule has 7 heteroatoms. The standard InChI is InChI=1S/C12H16BrNO4S/c13-7-10-1-3-12(4-2-10)19(15,16)14-8-11-9-17-5-6-18-11/h1-4,11,14H,5-9H2. The Kier molecular flexibility index (Phi) is 5.35. The molecule has 1 atom stereocenters. The number of alkyl halides is 1. The first-order chi connectivity index (χ1) is 9.12. The Labute approximate surface area is 121 Å². The van der Waals surface area contributed by atoms with Gasteiger partial charge in [0.25, 0.3) is 0 Å². The second-order valence-electron chi connectivity index (χ2n) is 4.20. The van der Waals surface area contributed by atoms with Crippen LogP contribution in [-0.4, -0.2) is 40.9 Å². The molecular weight excluding hydrogens is 334 g/mol. The maximum absolute atomic E-state index is 12.1. The fourth-order valence-electron chi connectivity index (χ4n) is 1.70. The number of nitrogens with one attached hydrogen (secondary N) is 1. The Hall–Kier alpha value is -0.470. The van der Waals surface area contributed by atoms with Crippen LogP contribution in [0.25, 0.3) is 0 Å². The van der Waals surface area contributed by atoms with Crippen LogP contribution in [0.4, 0.5) is 0 Å². The van der Waals surface area contributed by atoms with Gasteiger partial charge in [-0.25, -0.2) is 13.1 Å². The normalized spacial score (nSPS) is 20.4. The first-order valence-corrected chi connectivity index (χ1v) is 8.56. The molecule has 1 aliphatic heterocycles. The summed E-state index contributed by atoms with van der Waals surface area (Å²) in [5.74, 6) is 0. The molecule has 0 spiro atoms. The molecule has 1 heterocycles. The molecule has 0 bridgehead atoms. The van der Waals surface area contributed by atoms with E-state index >= 15 is 0 Å². The minimum atomic E-state index is -3.49. The van der Waals surface area contributed by atoms with Crippen molar-refractivity contribution >= 4 is 26.0 Å². The Morgan fingerprint density at radius 3 is 2.58 bits per heavy atom. The molecular formula is C12H16BrNO4S. The molecule has 0 radical (unpaired) electrons. The summed E-state index contributed by atoms with van der Waals surface area (Å²) in [7, 11) is -3.49. The van der Waals surface area contributed by atoms with Crippen LogP contribution in [0.2, 0.25) is 0 Å². The SMILES string of the molecule is O=S(=O)(NCC1COCCO1)c1ccc(CBr)cc1. The summed E-state index contributed by atoms with van der Waals surface area (Å²) in [5, 5.41) is 0.702. The molecule has 1 aromatic carbocycles. The molecule has 1 aromatic rings. The van der Waals surface area contributed by atoms with E-state index < -0.39 is 10.0 Å². The lowest BCUT2D eigenvalue weighted by Crippen LogP contribution is -2.39. The van der Waals surface area contributed by atoms with Gasteiger partial charge in [-0.05, 0) is 17.7 Å². The zero-order chi connectivity index (χ0) is 13.7. The molecule has 1 saturated heterocycles. The molecule has 106 valence electrons. The maximum Gasteiger partial charge on any atom is 0.240 e. The van der Waals surface area contributed by atoms with Crippen molar-refractivity contribution in [2.24, 2.45) is 0 Å². The Balaban J connectivity index is 1.96. The minimum Gasteiger partial charge on any atom is -0.376 e. The maximum atomic E-state index is 12.1. The minimum absolute atomic E-state index is 0.217. The van der Waals surface area contributed by atoms with Gasteiger partial charge in [0.2, 0.25) is 10.0 Å². The molecule has 0 saturated carbocycles. The van der Waals surface area contributed by atoms with E-state index in [-0.39, 0.29) is 17.5 Å². The van der Waals surface area contributed by atoms with Crippen LogP contribution < -0.4 is 4.72 Å². The average molecular weight is 350 g/mol. The van der Waals surface area contributed by atoms with Crippen LogP contribution in [0.3, 0.4) is 0 Å². The summed E-state index contributed by atoms with van der Waals surface area (Å²) in [6, 6.07) is 6.75. The second-order valence-corrected chi connectivity index (χ2v) is 6.52. The van der Waals surface area contributed by atoms with Crippen LogP contribution >= 0.6 is 15.9 Å². The third-order valence-electron chi connectivity index (χ3n) is 2.77. The zero-order valence-electron chi connectivity index (χ0n) is 10.3. The fourth-order valence-corrected chi connectivity index (χ4v) is 3.14. The molecule has 2 rings (SSSR count). The summed E-state index contributed by atoms with van der Waals surface area (Å²) in [5.41, 5.74) is 1.03. The topological polar surface area (TPSA) is 64.6 Å². The highest BCUT2D eigenvalue weighted by Gasteiger charge is 2.19. The lowest BCUT2D eigenvalue weighted by molar-refractivity contribution is -0.0846. The lowest BCUT2D eigenvalue weighted by Gasteiger charge is -2.23. The molecule has 1 aliphatic rings. The smallest absolute Gasteiger partial charge is 0.240 e. The van der Waals surface area contributed by atoms with E-state index in [1.165, 1.54) is 0 Å². The van der Waals surface area contributed by atoms with E-state index in [1.807, 2.05) is 0 Å². The van der Waals surface area contributed by atoms with Crippen LogP contribution in [-0.2, 0) is 24.8 Å². The number of benzene rings is 1. The van der Waals surface area contributed by atoms with Crippen molar-refractivity contribution in [3.63, 3.8) is 0 Å². The number of sulfonamides is 1. The molecule has 1 unspecified atom stereocenters. The van der Waals surface area contributed by atoms with Crippen molar-refractivity contribution in [3.05, 3.63) is 29.8 Å². The van der Waals surface area contributed by atoms with Gasteiger partial charge in [-0.15, -0.1) is 0 Å². The van der Waals surface area contributed by atoms with Gasteiger partial charge >= 0.3 is 0 Å². The molecule has 1 fully saturated rings. The monoisotopic (exact) mass is 349 g/mol. The van der Waals surface area contributed by atoms with Crippen molar-refractivity contribution in [1.82, 2.24) is 4.72 Å². The number of rotatable bonds is 5. The summed E-state index contributed by atoms with van der Waals surface area (Å²) >= 11 is 3.32. The first-order valence-electron chi connectivity index (χ1n) is 5.96. The lowest BCUT2D eigenvalue weighted by atomic mass is 10.2. The number of ether oxygens (including phenoxy) is 2. The summed E-state index contributed by atoms with van der Waals surface area (Å²) in [6.07, 6.45) is -0.217. The van der Waals surface area contributed by atoms with Crippen molar-refractivity contribution < 1.29 is 17.9 Å². The van der Waals surface area contributed by atoms with Gasteiger partial charge in [-0.3, -0.25) is 0 Å². The van der Waals surface area contributed by atoms with E-state index in [0.717, 1.165) is 5.56 Å². The molecule has 5 nitrogen and oxygen atoms in total. The number of hydrogen-bond acceptors (Lipinski definition) is 4. The van der Waals surface area contributed by atoms with Crippen LogP contribution in [0.5, 0.6) is 0 Å². The van der Waals surface area contributed by atoms with E-state index in [2.05, 4.69) is 20.7 Å². The van der Waals surface area contributed by atoms with Crippen molar-refractivity contribution in [1.29, 1.82) is 0 Å². The van der Waals surface area contributed by atoms with E-state index in [0.29, 0.717) is 25.2 Å². The Morgan fingerprint density at radius 1 is 1.26 bits per heavy atom. The van der Waals surface area contributed by atoms with Crippen molar-refractivity contribution in [2.75, 3.05) is 26.4 Å². The molecule has 0 amide bonds. The van der Waals surface area contributed by atoms with Gasteiger partial charge in [-0.1, -0.05) is 28.1 Å². The second kappa shape index (κ2) is 6.81. The van der Waals surface area contributed by atoms with Gasteiger partial charge in [0.1, 0.15) is 0 Å². The Bertz CT molecular complexity index is 497. The summed E-state index contributed by atoms with van der Waals surface area (Å²) < 4.78 is 37.3. The molecule has 19 heavy (non-hydrogen) atoms. The quantitative estimate of drug-likeness (QED) is 0.813. The van der Waals surface area contributed by atoms with Crippen LogP contribution in [0, 0.1) is 0 Å². The number of hydrogen-bond donors (Lipinski definition) is 1. The average Bonchev–Trinajstić information content (AvgIpc) is 2.46. The summed E-state index contributed by atoms with van der Waals surface area (Å²) in [6.45, 7) is 1.72. The van der Waals surface area contributed by atoms with Gasteiger partial charge in [0, 0.05) is 11.9 Å². The third kappa shape index (κ3) is 4.25. The largest absolute Gasteiger partial charge is 0.376 e. The van der Waals surface area contributed by atoms with Gasteiger partial charge in [0.05, 0.1) is 30.8 Å². The highest BCUT2D eigenvalue weighted by atomic mass is 79.9. The fraction of sp³-hybridized carbons (Fsp3) is 0.500. The zero-order valence-corrected chi connectivity index (χ0v) is 12.7. The molecule has 1 N–H and O–H groups in total. The van der Waals surface area contributed by atoms with E-state index in [9.17, 15) is 8.42 Å². The number of halogens is 1. The van der Waals surface area contributed by atoms with Crippen molar-refractivity contribution in [3.8, 4) is 0 Å².